The van der Waals surface area contributed by atoms with Gasteiger partial charge in [-0.2, -0.15) is 5.10 Å². The number of nitro groups is 1. The van der Waals surface area contributed by atoms with E-state index >= 15 is 0 Å². The normalized spacial score (nSPS) is 15.4. The zero-order valence-electron chi connectivity index (χ0n) is 14.3. The molecule has 0 atom stereocenters. The van der Waals surface area contributed by atoms with Crippen molar-refractivity contribution in [2.75, 3.05) is 13.1 Å². The van der Waals surface area contributed by atoms with E-state index in [4.69, 9.17) is 0 Å². The van der Waals surface area contributed by atoms with Crippen molar-refractivity contribution < 1.29 is 4.92 Å². The summed E-state index contributed by atoms with van der Waals surface area (Å²) in [6.45, 7) is 3.13. The number of hydrogen-bond acceptors (Lipinski definition) is 5. The second kappa shape index (κ2) is 7.09. The van der Waals surface area contributed by atoms with Gasteiger partial charge in [-0.3, -0.25) is 15.0 Å². The molecule has 1 aromatic heterocycles. The second-order valence-corrected chi connectivity index (χ2v) is 7.14. The summed E-state index contributed by atoms with van der Waals surface area (Å²) in [7, 11) is 0. The minimum absolute atomic E-state index is 0.0726. The van der Waals surface area contributed by atoms with Crippen LogP contribution in [0.5, 0.6) is 0 Å². The highest BCUT2D eigenvalue weighted by atomic mass is 32.1. The predicted octanol–water partition coefficient (Wildman–Crippen LogP) is 4.29. The SMILES string of the molecule is O=[N+]([O-])c1cc2c(cnn2S)cc1-c1cccc(CN2CCCCC2)c1. The summed E-state index contributed by atoms with van der Waals surface area (Å²) in [6, 6.07) is 11.4. The number of likely N-dealkylation sites (tertiary alicyclic amines) is 1. The quantitative estimate of drug-likeness (QED) is 0.424. The Bertz CT molecular complexity index is 963. The largest absolute Gasteiger partial charge is 0.299 e. The minimum atomic E-state index is -0.340. The van der Waals surface area contributed by atoms with Gasteiger partial charge in [-0.15, -0.1) is 0 Å². The van der Waals surface area contributed by atoms with Crippen molar-refractivity contribution in [3.8, 4) is 11.1 Å². The molecular weight excluding hydrogens is 348 g/mol. The van der Waals surface area contributed by atoms with Crippen LogP contribution in [0.2, 0.25) is 0 Å². The van der Waals surface area contributed by atoms with Crippen molar-refractivity contribution in [2.24, 2.45) is 0 Å². The molecule has 0 radical (unpaired) electrons. The van der Waals surface area contributed by atoms with Gasteiger partial charge in [-0.1, -0.05) is 24.6 Å². The van der Waals surface area contributed by atoms with Gasteiger partial charge in [-0.25, -0.2) is 4.09 Å². The summed E-state index contributed by atoms with van der Waals surface area (Å²) < 4.78 is 1.36. The van der Waals surface area contributed by atoms with E-state index in [1.165, 1.54) is 28.9 Å². The highest BCUT2D eigenvalue weighted by Gasteiger charge is 2.19. The Morgan fingerprint density at radius 2 is 1.96 bits per heavy atom. The molecule has 0 bridgehead atoms. The summed E-state index contributed by atoms with van der Waals surface area (Å²) in [5.74, 6) is 0. The van der Waals surface area contributed by atoms with Crippen LogP contribution in [0.1, 0.15) is 24.8 Å². The Hall–Kier alpha value is -2.38. The van der Waals surface area contributed by atoms with Gasteiger partial charge in [-0.05, 0) is 62.0 Å². The van der Waals surface area contributed by atoms with E-state index in [0.717, 1.165) is 30.6 Å². The Morgan fingerprint density at radius 1 is 1.15 bits per heavy atom. The molecule has 2 aromatic carbocycles. The van der Waals surface area contributed by atoms with Gasteiger partial charge in [0.15, 0.2) is 0 Å². The molecule has 1 aliphatic heterocycles. The van der Waals surface area contributed by atoms with Gasteiger partial charge < -0.3 is 0 Å². The Labute approximate surface area is 157 Å². The second-order valence-electron chi connectivity index (χ2n) is 6.76. The third-order valence-corrected chi connectivity index (χ3v) is 5.27. The molecule has 6 nitrogen and oxygen atoms in total. The molecule has 0 N–H and O–H groups in total. The predicted molar refractivity (Wildman–Crippen MR) is 105 cm³/mol. The maximum Gasteiger partial charge on any atom is 0.279 e. The van der Waals surface area contributed by atoms with Gasteiger partial charge in [0.2, 0.25) is 0 Å². The molecule has 2 heterocycles. The number of hydrogen-bond donors (Lipinski definition) is 1. The van der Waals surface area contributed by atoms with Crippen LogP contribution in [0.3, 0.4) is 0 Å². The molecule has 0 spiro atoms. The molecule has 0 saturated carbocycles. The fraction of sp³-hybridized carbons (Fsp3) is 0.316. The van der Waals surface area contributed by atoms with Crippen molar-refractivity contribution in [1.29, 1.82) is 0 Å². The molecule has 26 heavy (non-hydrogen) atoms. The average Bonchev–Trinajstić information content (AvgIpc) is 3.02. The Morgan fingerprint density at radius 3 is 2.73 bits per heavy atom. The maximum atomic E-state index is 11.6. The molecule has 0 aliphatic carbocycles. The van der Waals surface area contributed by atoms with Crippen LogP contribution < -0.4 is 0 Å². The summed E-state index contributed by atoms with van der Waals surface area (Å²) in [4.78, 5) is 13.7. The van der Waals surface area contributed by atoms with Crippen molar-refractivity contribution in [1.82, 2.24) is 14.1 Å². The van der Waals surface area contributed by atoms with Crippen molar-refractivity contribution in [2.45, 2.75) is 25.8 Å². The first kappa shape index (κ1) is 17.1. The minimum Gasteiger partial charge on any atom is -0.299 e. The van der Waals surface area contributed by atoms with Crippen LogP contribution in [-0.2, 0) is 6.54 Å². The van der Waals surface area contributed by atoms with E-state index in [9.17, 15) is 10.1 Å². The van der Waals surface area contributed by atoms with Crippen LogP contribution in [0.15, 0.2) is 42.6 Å². The summed E-state index contributed by atoms with van der Waals surface area (Å²) in [5.41, 5.74) is 3.37. The van der Waals surface area contributed by atoms with Gasteiger partial charge >= 0.3 is 0 Å². The number of aromatic nitrogens is 2. The van der Waals surface area contributed by atoms with Gasteiger partial charge in [0.05, 0.1) is 22.2 Å². The van der Waals surface area contributed by atoms with Crippen LogP contribution >= 0.6 is 12.8 Å². The number of thiol groups is 1. The molecule has 1 saturated heterocycles. The molecule has 1 fully saturated rings. The lowest BCUT2D eigenvalue weighted by Crippen LogP contribution is -2.29. The fourth-order valence-corrected chi connectivity index (χ4v) is 3.87. The van der Waals surface area contributed by atoms with Crippen LogP contribution in [-0.4, -0.2) is 32.1 Å². The highest BCUT2D eigenvalue weighted by molar-refractivity contribution is 7.78. The number of rotatable bonds is 4. The maximum absolute atomic E-state index is 11.6. The molecular formula is C19H20N4O2S. The van der Waals surface area contributed by atoms with Crippen LogP contribution in [0.4, 0.5) is 5.69 Å². The molecule has 1 aliphatic rings. The first-order chi connectivity index (χ1) is 12.6. The van der Waals surface area contributed by atoms with Crippen molar-refractivity contribution >= 4 is 29.4 Å². The number of piperidine rings is 1. The molecule has 0 amide bonds. The molecule has 3 aromatic rings. The van der Waals surface area contributed by atoms with Crippen molar-refractivity contribution in [3.05, 3.63) is 58.3 Å². The molecule has 134 valence electrons. The van der Waals surface area contributed by atoms with E-state index in [2.05, 4.69) is 34.9 Å². The zero-order chi connectivity index (χ0) is 18.1. The fourth-order valence-electron chi connectivity index (χ4n) is 3.64. The van der Waals surface area contributed by atoms with E-state index < -0.39 is 0 Å². The molecule has 0 unspecified atom stereocenters. The Balaban J connectivity index is 1.73. The lowest BCUT2D eigenvalue weighted by atomic mass is 9.99. The standard InChI is InChI=1S/C19H20N4O2S/c24-23(25)19-11-18-16(12-20-22(18)26)10-17(19)15-6-4-5-14(9-15)13-21-7-2-1-3-8-21/h4-6,9-12,26H,1-3,7-8,13H2. The smallest absolute Gasteiger partial charge is 0.279 e. The van der Waals surface area contributed by atoms with E-state index in [0.29, 0.717) is 11.1 Å². The number of nitrogens with zero attached hydrogens (tertiary/aromatic N) is 4. The lowest BCUT2D eigenvalue weighted by molar-refractivity contribution is -0.384. The summed E-state index contributed by atoms with van der Waals surface area (Å²) in [5, 5.41) is 16.5. The van der Waals surface area contributed by atoms with E-state index in [1.807, 2.05) is 18.2 Å². The van der Waals surface area contributed by atoms with Crippen molar-refractivity contribution in [3.63, 3.8) is 0 Å². The van der Waals surface area contributed by atoms with Crippen LogP contribution in [0, 0.1) is 10.1 Å². The topological polar surface area (TPSA) is 64.2 Å². The highest BCUT2D eigenvalue weighted by Crippen LogP contribution is 2.34. The molecule has 7 heteroatoms. The average molecular weight is 368 g/mol. The first-order valence-corrected chi connectivity index (χ1v) is 9.19. The zero-order valence-corrected chi connectivity index (χ0v) is 15.2. The van der Waals surface area contributed by atoms with Gasteiger partial charge in [0, 0.05) is 18.0 Å². The third-order valence-electron chi connectivity index (χ3n) is 4.96. The summed E-state index contributed by atoms with van der Waals surface area (Å²) >= 11 is 4.21. The monoisotopic (exact) mass is 368 g/mol. The van der Waals surface area contributed by atoms with Gasteiger partial charge in [0.1, 0.15) is 0 Å². The number of nitro benzene ring substituents is 1. The van der Waals surface area contributed by atoms with Crippen LogP contribution in [0.25, 0.3) is 22.0 Å². The number of fused-ring (bicyclic) bond motifs is 1. The van der Waals surface area contributed by atoms with E-state index in [-0.39, 0.29) is 10.6 Å². The first-order valence-electron chi connectivity index (χ1n) is 8.79. The lowest BCUT2D eigenvalue weighted by Gasteiger charge is -2.26. The van der Waals surface area contributed by atoms with Gasteiger partial charge in [0.25, 0.3) is 5.69 Å². The third kappa shape index (κ3) is 3.32. The summed E-state index contributed by atoms with van der Waals surface area (Å²) in [6.07, 6.45) is 5.47. The molecule has 4 rings (SSSR count). The Kier molecular flexibility index (Phi) is 4.65. The van der Waals surface area contributed by atoms with E-state index in [1.54, 1.807) is 12.3 Å². The number of benzene rings is 2.